The first-order valence-corrected chi connectivity index (χ1v) is 8.47. The first-order chi connectivity index (χ1) is 13.1. The molecule has 1 N–H and O–H groups in total. The Bertz CT molecular complexity index is 967. The lowest BCUT2D eigenvalue weighted by molar-refractivity contribution is 0.101. The van der Waals surface area contributed by atoms with Crippen molar-refractivity contribution in [1.82, 2.24) is 20.2 Å². The molecule has 0 atom stereocenters. The molecule has 3 rings (SSSR count). The predicted octanol–water partition coefficient (Wildman–Crippen LogP) is 2.73. The van der Waals surface area contributed by atoms with Crippen LogP contribution in [0.15, 0.2) is 48.5 Å². The van der Waals surface area contributed by atoms with E-state index in [0.29, 0.717) is 34.9 Å². The van der Waals surface area contributed by atoms with E-state index in [-0.39, 0.29) is 18.3 Å². The van der Waals surface area contributed by atoms with Crippen molar-refractivity contribution in [2.45, 2.75) is 27.0 Å². The van der Waals surface area contributed by atoms with Crippen LogP contribution in [0.1, 0.15) is 40.4 Å². The zero-order valence-electron chi connectivity index (χ0n) is 15.0. The largest absolute Gasteiger partial charge is 0.486 e. The Labute approximate surface area is 156 Å². The van der Waals surface area contributed by atoms with E-state index in [1.165, 1.54) is 6.92 Å². The van der Waals surface area contributed by atoms with E-state index in [0.717, 1.165) is 0 Å². The molecule has 0 unspecified atom stereocenters. The Morgan fingerprint density at radius 2 is 1.89 bits per heavy atom. The highest BCUT2D eigenvalue weighted by molar-refractivity contribution is 6.05. The molecule has 27 heavy (non-hydrogen) atoms. The maximum Gasteiger partial charge on any atom is 0.255 e. The molecule has 8 heteroatoms. The molecule has 0 aliphatic carbocycles. The number of nitrogens with zero attached hydrogens (tertiary/aromatic N) is 4. The Kier molecular flexibility index (Phi) is 5.55. The van der Waals surface area contributed by atoms with Crippen molar-refractivity contribution in [2.75, 3.05) is 5.32 Å². The number of carbonyl (C=O) groups excluding carboxylic acids is 2. The van der Waals surface area contributed by atoms with E-state index in [9.17, 15) is 9.59 Å². The molecular weight excluding hydrogens is 346 g/mol. The van der Waals surface area contributed by atoms with Crippen molar-refractivity contribution in [3.8, 4) is 5.75 Å². The van der Waals surface area contributed by atoms with E-state index in [1.54, 1.807) is 53.2 Å². The number of nitrogens with one attached hydrogen (secondary N) is 1. The van der Waals surface area contributed by atoms with E-state index >= 15 is 0 Å². The number of benzene rings is 2. The predicted molar refractivity (Wildman–Crippen MR) is 98.7 cm³/mol. The summed E-state index contributed by atoms with van der Waals surface area (Å²) in [5.74, 6) is 0.787. The topological polar surface area (TPSA) is 99.0 Å². The summed E-state index contributed by atoms with van der Waals surface area (Å²) >= 11 is 0. The molecule has 0 bridgehead atoms. The zero-order chi connectivity index (χ0) is 19.2. The van der Waals surface area contributed by atoms with E-state index < -0.39 is 0 Å². The fourth-order valence-electron chi connectivity index (χ4n) is 2.47. The standard InChI is InChI=1S/C19H19N5O3/c1-3-24-18(21-22-23-24)12-27-17-9-5-7-15(11-17)19(26)20-16-8-4-6-14(10-16)13(2)25/h4-11H,3,12H2,1-2H3,(H,20,26). The van der Waals surface area contributed by atoms with E-state index in [2.05, 4.69) is 20.8 Å². The van der Waals surface area contributed by atoms with Crippen LogP contribution in [0.2, 0.25) is 0 Å². The number of amides is 1. The van der Waals surface area contributed by atoms with Crippen LogP contribution in [0.25, 0.3) is 0 Å². The summed E-state index contributed by atoms with van der Waals surface area (Å²) in [6.45, 7) is 4.27. The number of aryl methyl sites for hydroxylation is 1. The lowest BCUT2D eigenvalue weighted by atomic mass is 10.1. The van der Waals surface area contributed by atoms with Crippen LogP contribution in [-0.2, 0) is 13.2 Å². The highest BCUT2D eigenvalue weighted by Gasteiger charge is 2.10. The number of rotatable bonds is 7. The zero-order valence-corrected chi connectivity index (χ0v) is 15.0. The minimum absolute atomic E-state index is 0.0593. The number of hydrogen-bond donors (Lipinski definition) is 1. The molecule has 0 saturated carbocycles. The van der Waals surface area contributed by atoms with Crippen LogP contribution in [0.5, 0.6) is 5.75 Å². The van der Waals surface area contributed by atoms with Gasteiger partial charge in [0, 0.05) is 23.4 Å². The summed E-state index contributed by atoms with van der Waals surface area (Å²) in [7, 11) is 0. The van der Waals surface area contributed by atoms with Gasteiger partial charge in [0.1, 0.15) is 12.4 Å². The molecule has 1 amide bonds. The van der Waals surface area contributed by atoms with Crippen molar-refractivity contribution in [1.29, 1.82) is 0 Å². The number of aromatic nitrogens is 4. The molecule has 0 fully saturated rings. The van der Waals surface area contributed by atoms with Gasteiger partial charge in [-0.2, -0.15) is 0 Å². The molecule has 1 aromatic heterocycles. The first-order valence-electron chi connectivity index (χ1n) is 8.47. The average molecular weight is 365 g/mol. The van der Waals surface area contributed by atoms with Crippen LogP contribution >= 0.6 is 0 Å². The summed E-state index contributed by atoms with van der Waals surface area (Å²) in [5.41, 5.74) is 1.54. The van der Waals surface area contributed by atoms with Crippen LogP contribution < -0.4 is 10.1 Å². The van der Waals surface area contributed by atoms with Crippen molar-refractivity contribution in [3.63, 3.8) is 0 Å². The minimum Gasteiger partial charge on any atom is -0.486 e. The van der Waals surface area contributed by atoms with Gasteiger partial charge in [0.15, 0.2) is 11.6 Å². The number of Topliss-reactive ketones (excluding diaryl/α,β-unsaturated/α-hetero) is 1. The SMILES string of the molecule is CCn1nnnc1COc1cccc(C(=O)Nc2cccc(C(C)=O)c2)c1. The highest BCUT2D eigenvalue weighted by atomic mass is 16.5. The minimum atomic E-state index is -0.292. The summed E-state index contributed by atoms with van der Waals surface area (Å²) in [6, 6.07) is 13.6. The van der Waals surface area contributed by atoms with Crippen molar-refractivity contribution in [2.24, 2.45) is 0 Å². The maximum atomic E-state index is 12.5. The van der Waals surface area contributed by atoms with Gasteiger partial charge in [0.05, 0.1) is 0 Å². The first kappa shape index (κ1) is 18.2. The van der Waals surface area contributed by atoms with Gasteiger partial charge >= 0.3 is 0 Å². The van der Waals surface area contributed by atoms with Crippen molar-refractivity contribution in [3.05, 3.63) is 65.5 Å². The number of tetrazole rings is 1. The summed E-state index contributed by atoms with van der Waals surface area (Å²) in [6.07, 6.45) is 0. The molecule has 0 aliphatic rings. The highest BCUT2D eigenvalue weighted by Crippen LogP contribution is 2.17. The van der Waals surface area contributed by atoms with Crippen LogP contribution in [0.3, 0.4) is 0 Å². The second-order valence-corrected chi connectivity index (χ2v) is 5.82. The molecule has 2 aromatic carbocycles. The number of anilines is 1. The number of carbonyl (C=O) groups is 2. The Hall–Kier alpha value is -3.55. The van der Waals surface area contributed by atoms with E-state index in [1.807, 2.05) is 6.92 Å². The fourth-order valence-corrected chi connectivity index (χ4v) is 2.47. The monoisotopic (exact) mass is 365 g/mol. The third-order valence-electron chi connectivity index (χ3n) is 3.90. The molecule has 0 radical (unpaired) electrons. The third kappa shape index (κ3) is 4.55. The van der Waals surface area contributed by atoms with Gasteiger partial charge in [0.25, 0.3) is 5.91 Å². The molecule has 138 valence electrons. The van der Waals surface area contributed by atoms with Crippen molar-refractivity contribution < 1.29 is 14.3 Å². The third-order valence-corrected chi connectivity index (χ3v) is 3.90. The van der Waals surface area contributed by atoms with Crippen LogP contribution in [-0.4, -0.2) is 31.9 Å². The smallest absolute Gasteiger partial charge is 0.255 e. The summed E-state index contributed by atoms with van der Waals surface area (Å²) in [5, 5.41) is 14.2. The summed E-state index contributed by atoms with van der Waals surface area (Å²) in [4.78, 5) is 24.0. The van der Waals surface area contributed by atoms with Gasteiger partial charge in [-0.3, -0.25) is 9.59 Å². The second kappa shape index (κ2) is 8.22. The lowest BCUT2D eigenvalue weighted by Crippen LogP contribution is -2.12. The van der Waals surface area contributed by atoms with Crippen LogP contribution in [0, 0.1) is 0 Å². The fraction of sp³-hybridized carbons (Fsp3) is 0.211. The second-order valence-electron chi connectivity index (χ2n) is 5.82. The number of ketones is 1. The number of ether oxygens (including phenoxy) is 1. The van der Waals surface area contributed by atoms with Crippen LogP contribution in [0.4, 0.5) is 5.69 Å². The molecule has 0 aliphatic heterocycles. The van der Waals surface area contributed by atoms with Crippen molar-refractivity contribution >= 4 is 17.4 Å². The molecule has 3 aromatic rings. The van der Waals surface area contributed by atoms with Gasteiger partial charge in [-0.25, -0.2) is 4.68 Å². The van der Waals surface area contributed by atoms with Gasteiger partial charge in [-0.15, -0.1) is 5.10 Å². The van der Waals surface area contributed by atoms with Gasteiger partial charge in [-0.1, -0.05) is 18.2 Å². The van der Waals surface area contributed by atoms with Gasteiger partial charge in [-0.05, 0) is 54.6 Å². The lowest BCUT2D eigenvalue weighted by Gasteiger charge is -2.09. The number of hydrogen-bond acceptors (Lipinski definition) is 6. The molecule has 8 nitrogen and oxygen atoms in total. The van der Waals surface area contributed by atoms with E-state index in [4.69, 9.17) is 4.74 Å². The Morgan fingerprint density at radius 3 is 2.67 bits per heavy atom. The molecule has 1 heterocycles. The van der Waals surface area contributed by atoms with Gasteiger partial charge in [0.2, 0.25) is 0 Å². The van der Waals surface area contributed by atoms with Gasteiger partial charge < -0.3 is 10.1 Å². The summed E-state index contributed by atoms with van der Waals surface area (Å²) < 4.78 is 7.33. The Morgan fingerprint density at radius 1 is 1.11 bits per heavy atom. The molecule has 0 saturated heterocycles. The Balaban J connectivity index is 1.68. The maximum absolute atomic E-state index is 12.5. The average Bonchev–Trinajstić information content (AvgIpc) is 3.14. The molecule has 0 spiro atoms. The molecular formula is C19H19N5O3. The normalized spacial score (nSPS) is 10.4. The quantitative estimate of drug-likeness (QED) is 0.646.